The van der Waals surface area contributed by atoms with E-state index in [9.17, 15) is 30.6 Å². The molecule has 0 aliphatic heterocycles. The summed E-state index contributed by atoms with van der Waals surface area (Å²) in [6.07, 6.45) is 1.29. The van der Waals surface area contributed by atoms with Crippen molar-refractivity contribution >= 4 is 0 Å². The summed E-state index contributed by atoms with van der Waals surface area (Å²) < 4.78 is 0. The van der Waals surface area contributed by atoms with Crippen molar-refractivity contribution in [1.82, 2.24) is 0 Å². The number of hydrogen-bond acceptors (Lipinski definition) is 6. The van der Waals surface area contributed by atoms with Crippen LogP contribution in [0.1, 0.15) is 72.6 Å². The fourth-order valence-corrected chi connectivity index (χ4v) is 8.64. The minimum absolute atomic E-state index is 0.0376. The summed E-state index contributed by atoms with van der Waals surface area (Å²) in [6, 6.07) is 0. The Morgan fingerprint density at radius 1 is 0.906 bits per heavy atom. The zero-order valence-electron chi connectivity index (χ0n) is 20.2. The molecule has 0 aromatic carbocycles. The van der Waals surface area contributed by atoms with Crippen LogP contribution in [0.4, 0.5) is 0 Å². The third-order valence-electron chi connectivity index (χ3n) is 10.2. The predicted molar refractivity (Wildman–Crippen MR) is 121 cm³/mol. The summed E-state index contributed by atoms with van der Waals surface area (Å²) in [7, 11) is 0. The summed E-state index contributed by atoms with van der Waals surface area (Å²) in [5.74, 6) is -0.172. The van der Waals surface area contributed by atoms with Crippen molar-refractivity contribution in [2.45, 2.75) is 109 Å². The molecular formula is C26H46O6. The molecule has 4 aliphatic rings. The van der Waals surface area contributed by atoms with Crippen molar-refractivity contribution in [2.75, 3.05) is 0 Å². The van der Waals surface area contributed by atoms with Crippen molar-refractivity contribution in [3.63, 3.8) is 0 Å². The Bertz CT molecular complexity index is 650. The van der Waals surface area contributed by atoms with Crippen molar-refractivity contribution < 1.29 is 30.6 Å². The highest BCUT2D eigenvalue weighted by atomic mass is 16.4. The van der Waals surface area contributed by atoms with Gasteiger partial charge in [-0.3, -0.25) is 0 Å². The van der Waals surface area contributed by atoms with Crippen LogP contribution in [0.3, 0.4) is 0 Å². The minimum atomic E-state index is -1.74. The lowest BCUT2D eigenvalue weighted by molar-refractivity contribution is -0.289. The summed E-state index contributed by atoms with van der Waals surface area (Å²) in [4.78, 5) is 0. The van der Waals surface area contributed by atoms with Crippen LogP contribution in [-0.2, 0) is 0 Å². The Hall–Kier alpha value is -0.240. The maximum absolute atomic E-state index is 11.7. The van der Waals surface area contributed by atoms with E-state index in [-0.39, 0.29) is 29.6 Å². The Balaban J connectivity index is 1.62. The molecule has 4 aliphatic carbocycles. The molecule has 0 spiro atoms. The lowest BCUT2D eigenvalue weighted by atomic mass is 9.47. The van der Waals surface area contributed by atoms with Crippen molar-refractivity contribution in [1.29, 1.82) is 0 Å². The van der Waals surface area contributed by atoms with Crippen LogP contribution in [0.5, 0.6) is 0 Å². The van der Waals surface area contributed by atoms with Gasteiger partial charge in [0.1, 0.15) is 5.60 Å². The zero-order valence-corrected chi connectivity index (χ0v) is 20.2. The van der Waals surface area contributed by atoms with E-state index in [4.69, 9.17) is 0 Å². The molecule has 4 rings (SSSR count). The van der Waals surface area contributed by atoms with Crippen molar-refractivity contribution in [2.24, 2.45) is 53.3 Å². The Kier molecular flexibility index (Phi) is 7.06. The molecule has 6 heteroatoms. The minimum Gasteiger partial charge on any atom is -0.393 e. The molecule has 0 amide bonds. The van der Waals surface area contributed by atoms with Crippen LogP contribution in [0.25, 0.3) is 0 Å². The second-order valence-corrected chi connectivity index (χ2v) is 12.4. The van der Waals surface area contributed by atoms with Gasteiger partial charge < -0.3 is 30.6 Å². The van der Waals surface area contributed by atoms with Gasteiger partial charge in [0.15, 0.2) is 0 Å². The first-order valence-corrected chi connectivity index (χ1v) is 13.1. The number of hydrogen-bond donors (Lipinski definition) is 6. The summed E-state index contributed by atoms with van der Waals surface area (Å²) in [5.41, 5.74) is -1.74. The summed E-state index contributed by atoms with van der Waals surface area (Å²) in [6.45, 7) is 8.09. The van der Waals surface area contributed by atoms with E-state index in [1.165, 1.54) is 0 Å². The number of fused-ring (bicyclic) bond motifs is 3. The third-order valence-corrected chi connectivity index (χ3v) is 10.2. The van der Waals surface area contributed by atoms with E-state index >= 15 is 0 Å². The molecule has 0 aromatic rings. The van der Waals surface area contributed by atoms with Gasteiger partial charge in [-0.05, 0) is 81.0 Å². The SMILES string of the molecule is CC(C)CCC1CCC(O)C2C(O)C3C(O)[C@]4(O)C(O)C(C(C)O)C(C)C[C@@H]4C[C@@H]3CC12. The average Bonchev–Trinajstić information content (AvgIpc) is 2.69. The fourth-order valence-electron chi connectivity index (χ4n) is 8.64. The van der Waals surface area contributed by atoms with Crippen LogP contribution >= 0.6 is 0 Å². The summed E-state index contributed by atoms with van der Waals surface area (Å²) >= 11 is 0. The van der Waals surface area contributed by atoms with Crippen molar-refractivity contribution in [3.05, 3.63) is 0 Å². The zero-order chi connectivity index (χ0) is 23.5. The van der Waals surface area contributed by atoms with Crippen LogP contribution < -0.4 is 0 Å². The fraction of sp³-hybridized carbons (Fsp3) is 1.00. The molecule has 0 aromatic heterocycles. The van der Waals surface area contributed by atoms with Gasteiger partial charge in [0.2, 0.25) is 0 Å². The van der Waals surface area contributed by atoms with Gasteiger partial charge in [0.25, 0.3) is 0 Å². The number of aliphatic hydroxyl groups excluding tert-OH is 5. The normalized spacial score (nSPS) is 54.5. The lowest BCUT2D eigenvalue weighted by Crippen LogP contribution is -2.72. The highest BCUT2D eigenvalue weighted by Gasteiger charge is 2.66. The first-order chi connectivity index (χ1) is 15.0. The Morgan fingerprint density at radius 3 is 2.22 bits per heavy atom. The number of rotatable bonds is 4. The Morgan fingerprint density at radius 2 is 1.59 bits per heavy atom. The van der Waals surface area contributed by atoms with Crippen LogP contribution in [-0.4, -0.2) is 66.8 Å². The molecule has 0 bridgehead atoms. The second kappa shape index (κ2) is 9.09. The second-order valence-electron chi connectivity index (χ2n) is 12.4. The van der Waals surface area contributed by atoms with E-state index in [1.54, 1.807) is 6.92 Å². The van der Waals surface area contributed by atoms with E-state index in [1.807, 2.05) is 6.92 Å². The van der Waals surface area contributed by atoms with E-state index in [2.05, 4.69) is 13.8 Å². The molecule has 6 nitrogen and oxygen atoms in total. The molecule has 4 saturated carbocycles. The number of aliphatic hydroxyl groups is 6. The van der Waals surface area contributed by atoms with Crippen LogP contribution in [0.2, 0.25) is 0 Å². The molecule has 186 valence electrons. The predicted octanol–water partition coefficient (Wildman–Crippen LogP) is 1.93. The smallest absolute Gasteiger partial charge is 0.120 e. The van der Waals surface area contributed by atoms with Gasteiger partial charge in [-0.2, -0.15) is 0 Å². The van der Waals surface area contributed by atoms with E-state index in [0.717, 1.165) is 25.7 Å². The molecule has 14 atom stereocenters. The Labute approximate surface area is 193 Å². The standard InChI is InChI=1S/C26H46O6/c1-12(2)5-6-15-7-8-19(28)22-18(15)11-16-10-17-9-13(3)20(14(4)27)24(30)26(17,32)25(31)21(16)23(22)29/h12-25,27-32H,5-11H2,1-4H3/t13?,14?,15?,16-,17-,18?,19?,20?,21?,22?,23?,24?,25?,26-/m1/s1. The monoisotopic (exact) mass is 454 g/mol. The quantitative estimate of drug-likeness (QED) is 0.386. The van der Waals surface area contributed by atoms with Gasteiger partial charge in [-0.25, -0.2) is 0 Å². The molecule has 0 saturated heterocycles. The highest BCUT2D eigenvalue weighted by Crippen LogP contribution is 2.59. The van der Waals surface area contributed by atoms with Gasteiger partial charge in [0.05, 0.1) is 30.5 Å². The largest absolute Gasteiger partial charge is 0.393 e. The van der Waals surface area contributed by atoms with Crippen LogP contribution in [0.15, 0.2) is 0 Å². The third kappa shape index (κ3) is 3.87. The van der Waals surface area contributed by atoms with Gasteiger partial charge in [0, 0.05) is 17.8 Å². The molecule has 4 fully saturated rings. The summed E-state index contributed by atoms with van der Waals surface area (Å²) in [5, 5.41) is 66.9. The topological polar surface area (TPSA) is 121 Å². The maximum atomic E-state index is 11.7. The first-order valence-electron chi connectivity index (χ1n) is 13.1. The molecule has 32 heavy (non-hydrogen) atoms. The maximum Gasteiger partial charge on any atom is 0.120 e. The molecule has 0 radical (unpaired) electrons. The highest BCUT2D eigenvalue weighted by molar-refractivity contribution is 5.15. The molecule has 6 N–H and O–H groups in total. The van der Waals surface area contributed by atoms with E-state index in [0.29, 0.717) is 31.1 Å². The first kappa shape index (κ1) is 24.9. The molecule has 11 unspecified atom stereocenters. The lowest BCUT2D eigenvalue weighted by Gasteiger charge is -2.62. The van der Waals surface area contributed by atoms with E-state index < -0.39 is 48.0 Å². The van der Waals surface area contributed by atoms with Gasteiger partial charge >= 0.3 is 0 Å². The molecular weight excluding hydrogens is 408 g/mol. The molecule has 0 heterocycles. The van der Waals surface area contributed by atoms with Gasteiger partial charge in [-0.15, -0.1) is 0 Å². The van der Waals surface area contributed by atoms with Gasteiger partial charge in [-0.1, -0.05) is 27.2 Å². The van der Waals surface area contributed by atoms with Crippen LogP contribution in [0, 0.1) is 53.3 Å². The average molecular weight is 455 g/mol. The van der Waals surface area contributed by atoms with Crippen molar-refractivity contribution in [3.8, 4) is 0 Å².